The van der Waals surface area contributed by atoms with E-state index in [4.69, 9.17) is 0 Å². The predicted octanol–water partition coefficient (Wildman–Crippen LogP) is 0.00890. The molecule has 0 fully saturated rings. The Hall–Kier alpha value is 2.78. The Bertz CT molecular complexity index is 8.04. The second-order valence-corrected chi connectivity index (χ2v) is 0. The molecule has 0 bridgehead atoms. The van der Waals surface area contributed by atoms with Crippen LogP contribution in [-0.4, -0.2) is 41.3 Å². The molecule has 0 aromatic heterocycles. The van der Waals surface area contributed by atoms with Gasteiger partial charge in [0.2, 0.25) is 0 Å². The van der Waals surface area contributed by atoms with E-state index in [2.05, 4.69) is 0 Å². The summed E-state index contributed by atoms with van der Waals surface area (Å²) in [6, 6.07) is 0. The van der Waals surface area contributed by atoms with Crippen LogP contribution in [0.3, 0.4) is 0 Å². The zero-order valence-electron chi connectivity index (χ0n) is 2.75. The van der Waals surface area contributed by atoms with Gasteiger partial charge in [-0.05, 0) is 0 Å². The first-order chi connectivity index (χ1) is 0. The van der Waals surface area contributed by atoms with Gasteiger partial charge in [-0.15, -0.1) is 62.0 Å². The SMILES string of the molecule is Cl.Cl.Cl.Cl.Cl.[AlH3].[SnH2]. The summed E-state index contributed by atoms with van der Waals surface area (Å²) in [6.45, 7) is 0. The second-order valence-electron chi connectivity index (χ2n) is 0. The predicted molar refractivity (Wildman–Crippen MR) is 54.7 cm³/mol. The third kappa shape index (κ3) is 52.2. The van der Waals surface area contributed by atoms with Gasteiger partial charge in [0, 0.05) is 0 Å². The third-order valence-corrected chi connectivity index (χ3v) is 0. The van der Waals surface area contributed by atoms with Crippen molar-refractivity contribution in [1.29, 1.82) is 0 Å². The molecule has 0 aromatic rings. The van der Waals surface area contributed by atoms with Crippen molar-refractivity contribution in [3.05, 3.63) is 0 Å². The molecule has 0 unspecified atom stereocenters. The topological polar surface area (TPSA) is 0 Å². The first-order valence-corrected chi connectivity index (χ1v) is 0. The molecule has 0 saturated carbocycles. The fourth-order valence-corrected chi connectivity index (χ4v) is 0. The molecular weight excluding hydrogens is 323 g/mol. The van der Waals surface area contributed by atoms with E-state index < -0.39 is 0 Å². The summed E-state index contributed by atoms with van der Waals surface area (Å²) in [5.74, 6) is 0. The van der Waals surface area contributed by atoms with Crippen LogP contribution in [0.2, 0.25) is 0 Å². The number of rotatable bonds is 0. The maximum absolute atomic E-state index is 0. The summed E-state index contributed by atoms with van der Waals surface area (Å²) in [5.41, 5.74) is 0. The molecule has 0 atom stereocenters. The number of hydrogen-bond donors (Lipinski definition) is 0. The number of halogens is 5. The van der Waals surface area contributed by atoms with Crippen molar-refractivity contribution in [2.24, 2.45) is 0 Å². The van der Waals surface area contributed by atoms with Gasteiger partial charge in [0.15, 0.2) is 17.4 Å². The quantitative estimate of drug-likeness (QED) is 0.548. The average Bonchev–Trinajstić information content (AvgIpc) is 0. The molecule has 7 heavy (non-hydrogen) atoms. The van der Waals surface area contributed by atoms with E-state index >= 15 is 0 Å². The molecule has 0 rings (SSSR count). The van der Waals surface area contributed by atoms with Gasteiger partial charge in [0.05, 0.1) is 0 Å². The summed E-state index contributed by atoms with van der Waals surface area (Å²) in [7, 11) is 0. The van der Waals surface area contributed by atoms with Crippen LogP contribution in [0, 0.1) is 0 Å². The molecule has 0 aliphatic heterocycles. The van der Waals surface area contributed by atoms with Crippen molar-refractivity contribution in [3.63, 3.8) is 0 Å². The molecule has 0 amide bonds. The van der Waals surface area contributed by atoms with Crippen molar-refractivity contribution in [2.75, 3.05) is 0 Å². The molecule has 0 N–H and O–H groups in total. The first kappa shape index (κ1) is 97.5. The van der Waals surface area contributed by atoms with Crippen LogP contribution in [-0.2, 0) is 0 Å². The number of hydrogen-bond acceptors (Lipinski definition) is 0. The van der Waals surface area contributed by atoms with Crippen molar-refractivity contribution in [1.82, 2.24) is 0 Å². The summed E-state index contributed by atoms with van der Waals surface area (Å²) in [4.78, 5) is 0. The Kier molecular flexibility index (Phi) is 957. The molecule has 0 aromatic carbocycles. The van der Waals surface area contributed by atoms with Gasteiger partial charge in [-0.1, -0.05) is 0 Å². The van der Waals surface area contributed by atoms with E-state index in [-0.39, 0.29) is 103 Å². The van der Waals surface area contributed by atoms with E-state index in [9.17, 15) is 0 Å². The van der Waals surface area contributed by atoms with Crippen LogP contribution in [0.5, 0.6) is 0 Å². The van der Waals surface area contributed by atoms with E-state index in [0.717, 1.165) is 0 Å². The minimum atomic E-state index is 0. The standard InChI is InChI=1S/Al.5ClH.Sn.5H/h;5*1H;;;;;;. The molecule has 0 aliphatic rings. The van der Waals surface area contributed by atoms with Crippen molar-refractivity contribution in [3.8, 4) is 0 Å². The molecule has 0 aliphatic carbocycles. The van der Waals surface area contributed by atoms with Crippen LogP contribution in [0.25, 0.3) is 0 Å². The summed E-state index contributed by atoms with van der Waals surface area (Å²) in [5, 5.41) is 0. The van der Waals surface area contributed by atoms with Crippen LogP contribution in [0.15, 0.2) is 0 Å². The Morgan fingerprint density at radius 3 is 0.429 bits per heavy atom. The van der Waals surface area contributed by atoms with Crippen molar-refractivity contribution >= 4 is 103 Å². The third-order valence-electron chi connectivity index (χ3n) is 0. The van der Waals surface area contributed by atoms with Crippen LogP contribution in [0.4, 0.5) is 0 Å². The van der Waals surface area contributed by atoms with E-state index in [0.29, 0.717) is 0 Å². The van der Waals surface area contributed by atoms with Crippen molar-refractivity contribution < 1.29 is 0 Å². The molecule has 0 nitrogen and oxygen atoms in total. The van der Waals surface area contributed by atoms with Gasteiger partial charge in [0.1, 0.15) is 0 Å². The van der Waals surface area contributed by atoms with Gasteiger partial charge in [0.25, 0.3) is 0 Å². The average molecular weight is 333 g/mol. The van der Waals surface area contributed by atoms with E-state index in [1.807, 2.05) is 0 Å². The summed E-state index contributed by atoms with van der Waals surface area (Å²) in [6.07, 6.45) is 0. The van der Waals surface area contributed by atoms with Crippen molar-refractivity contribution in [2.45, 2.75) is 0 Å². The molecule has 0 spiro atoms. The fraction of sp³-hybridized carbons (Fsp3) is 0. The van der Waals surface area contributed by atoms with Gasteiger partial charge >= 0.3 is 23.9 Å². The molecule has 52 valence electrons. The zero-order chi connectivity index (χ0) is 0. The summed E-state index contributed by atoms with van der Waals surface area (Å²) >= 11 is 0. The van der Waals surface area contributed by atoms with Crippen LogP contribution in [0.1, 0.15) is 0 Å². The van der Waals surface area contributed by atoms with Crippen LogP contribution < -0.4 is 0 Å². The Morgan fingerprint density at radius 1 is 0.429 bits per heavy atom. The Labute approximate surface area is 102 Å². The molecule has 2 radical (unpaired) electrons. The Morgan fingerprint density at radius 2 is 0.429 bits per heavy atom. The first-order valence-electron chi connectivity index (χ1n) is 0. The van der Waals surface area contributed by atoms with Gasteiger partial charge in [-0.25, -0.2) is 0 Å². The molecule has 0 saturated heterocycles. The molecular formula is H10AlCl5Sn. The maximum atomic E-state index is 0. The van der Waals surface area contributed by atoms with Crippen LogP contribution >= 0.6 is 62.0 Å². The molecule has 0 heterocycles. The normalized spacial score (nSPS) is 0. The Balaban J connectivity index is 0. The van der Waals surface area contributed by atoms with Gasteiger partial charge in [-0.3, -0.25) is 0 Å². The van der Waals surface area contributed by atoms with Gasteiger partial charge < -0.3 is 0 Å². The monoisotopic (exact) mass is 332 g/mol. The zero-order valence-corrected chi connectivity index (χ0v) is 10.9. The molecule has 7 heteroatoms. The van der Waals surface area contributed by atoms with E-state index in [1.54, 1.807) is 0 Å². The van der Waals surface area contributed by atoms with E-state index in [1.165, 1.54) is 0 Å². The second kappa shape index (κ2) is 68.7. The fourth-order valence-electron chi connectivity index (χ4n) is 0. The summed E-state index contributed by atoms with van der Waals surface area (Å²) < 4.78 is 0. The van der Waals surface area contributed by atoms with Gasteiger partial charge in [-0.2, -0.15) is 0 Å². The minimum absolute atomic E-state index is 0.